The van der Waals surface area contributed by atoms with E-state index in [0.717, 1.165) is 38.3 Å². The van der Waals surface area contributed by atoms with Crippen molar-refractivity contribution in [2.75, 3.05) is 50.0 Å². The highest BCUT2D eigenvalue weighted by Gasteiger charge is 2.15. The topological polar surface area (TPSA) is 77.6 Å². The minimum atomic E-state index is -0.336. The number of likely N-dealkylation sites (N-methyl/N-ethyl adjacent to an activating group) is 1. The van der Waals surface area contributed by atoms with Gasteiger partial charge in [0.1, 0.15) is 11.4 Å². The summed E-state index contributed by atoms with van der Waals surface area (Å²) >= 11 is 0. The molecule has 1 aromatic heterocycles. The Morgan fingerprint density at radius 3 is 2.25 bits per heavy atom. The lowest BCUT2D eigenvalue weighted by molar-refractivity contribution is 0.0948. The molecule has 0 unspecified atom stereocenters. The van der Waals surface area contributed by atoms with Crippen LogP contribution < -0.4 is 15.5 Å². The van der Waals surface area contributed by atoms with Gasteiger partial charge in [-0.05, 0) is 49.9 Å². The number of aromatic nitrogens is 1. The molecule has 0 atom stereocenters. The minimum absolute atomic E-state index is 0.215. The molecule has 0 radical (unpaired) electrons. The molecule has 7 heteroatoms. The zero-order valence-electron chi connectivity index (χ0n) is 16.4. The number of amides is 2. The summed E-state index contributed by atoms with van der Waals surface area (Å²) in [4.78, 5) is 33.4. The monoisotopic (exact) mass is 381 g/mol. The molecule has 3 rings (SSSR count). The number of piperazine rings is 1. The predicted octanol–water partition coefficient (Wildman–Crippen LogP) is 2.23. The van der Waals surface area contributed by atoms with Crippen LogP contribution in [0.1, 0.15) is 34.3 Å². The summed E-state index contributed by atoms with van der Waals surface area (Å²) in [6.45, 7) is 6.65. The van der Waals surface area contributed by atoms with E-state index in [9.17, 15) is 9.59 Å². The molecule has 2 heterocycles. The Kier molecular flexibility index (Phi) is 6.60. The number of benzene rings is 1. The molecular formula is C21H27N5O2. The van der Waals surface area contributed by atoms with Crippen LogP contribution >= 0.6 is 0 Å². The molecule has 7 nitrogen and oxygen atoms in total. The Morgan fingerprint density at radius 2 is 1.61 bits per heavy atom. The molecule has 148 valence electrons. The molecule has 1 aromatic carbocycles. The molecule has 2 aromatic rings. The molecular weight excluding hydrogens is 354 g/mol. The van der Waals surface area contributed by atoms with Crippen LogP contribution in [0, 0.1) is 0 Å². The number of hydrogen-bond acceptors (Lipinski definition) is 5. The Bertz CT molecular complexity index is 814. The smallest absolute Gasteiger partial charge is 0.274 e. The lowest BCUT2D eigenvalue weighted by Crippen LogP contribution is -2.44. The van der Waals surface area contributed by atoms with Crippen LogP contribution in [0.3, 0.4) is 0 Å². The van der Waals surface area contributed by atoms with E-state index in [-0.39, 0.29) is 23.2 Å². The number of anilines is 2. The summed E-state index contributed by atoms with van der Waals surface area (Å²) in [7, 11) is 2.13. The van der Waals surface area contributed by atoms with Crippen molar-refractivity contribution in [3.63, 3.8) is 0 Å². The highest BCUT2D eigenvalue weighted by Crippen LogP contribution is 2.19. The molecule has 1 aliphatic heterocycles. The van der Waals surface area contributed by atoms with Crippen LogP contribution in [0.15, 0.2) is 42.5 Å². The molecule has 2 N–H and O–H groups in total. The van der Waals surface area contributed by atoms with Gasteiger partial charge in [-0.1, -0.05) is 13.0 Å². The van der Waals surface area contributed by atoms with Gasteiger partial charge in [0, 0.05) is 44.1 Å². The van der Waals surface area contributed by atoms with Crippen molar-refractivity contribution in [3.05, 3.63) is 53.9 Å². The number of rotatable bonds is 6. The number of carbonyl (C=O) groups is 2. The van der Waals surface area contributed by atoms with Gasteiger partial charge in [0.15, 0.2) is 0 Å². The van der Waals surface area contributed by atoms with E-state index in [1.807, 2.05) is 31.2 Å². The average Bonchev–Trinajstić information content (AvgIpc) is 2.73. The fourth-order valence-corrected chi connectivity index (χ4v) is 3.03. The normalized spacial score (nSPS) is 14.6. The minimum Gasteiger partial charge on any atom is -0.369 e. The fraction of sp³-hybridized carbons (Fsp3) is 0.381. The maximum absolute atomic E-state index is 12.5. The standard InChI is InChI=1S/C21H27N5O2/c1-3-11-22-20(27)18-5-4-6-19(24-18)21(28)23-16-7-9-17(10-8-16)26-14-12-25(2)13-15-26/h4-10H,3,11-15H2,1-2H3,(H,22,27)(H,23,28). The van der Waals surface area contributed by atoms with Crippen molar-refractivity contribution in [2.24, 2.45) is 0 Å². The Balaban J connectivity index is 1.62. The van der Waals surface area contributed by atoms with Crippen LogP contribution in [0.4, 0.5) is 11.4 Å². The van der Waals surface area contributed by atoms with E-state index in [2.05, 4.69) is 32.5 Å². The number of carbonyl (C=O) groups excluding carboxylic acids is 2. The molecule has 28 heavy (non-hydrogen) atoms. The summed E-state index contributed by atoms with van der Waals surface area (Å²) in [5.74, 6) is -0.606. The second-order valence-electron chi connectivity index (χ2n) is 6.96. The first-order valence-corrected chi connectivity index (χ1v) is 9.67. The maximum atomic E-state index is 12.5. The summed E-state index contributed by atoms with van der Waals surface area (Å²) < 4.78 is 0. The Morgan fingerprint density at radius 1 is 0.964 bits per heavy atom. The number of nitrogens with zero attached hydrogens (tertiary/aromatic N) is 3. The van der Waals surface area contributed by atoms with Gasteiger partial charge in [-0.15, -0.1) is 0 Å². The highest BCUT2D eigenvalue weighted by atomic mass is 16.2. The molecule has 2 amide bonds. The van der Waals surface area contributed by atoms with Gasteiger partial charge in [-0.3, -0.25) is 9.59 Å². The molecule has 1 aliphatic rings. The first-order valence-electron chi connectivity index (χ1n) is 9.67. The van der Waals surface area contributed by atoms with Gasteiger partial charge in [-0.2, -0.15) is 0 Å². The summed E-state index contributed by atoms with van der Waals surface area (Å²) in [6, 6.07) is 12.7. The van der Waals surface area contributed by atoms with E-state index in [0.29, 0.717) is 12.2 Å². The van der Waals surface area contributed by atoms with Crippen molar-refractivity contribution in [1.29, 1.82) is 0 Å². The fourth-order valence-electron chi connectivity index (χ4n) is 3.03. The van der Waals surface area contributed by atoms with Gasteiger partial charge in [-0.25, -0.2) is 4.98 Å². The van der Waals surface area contributed by atoms with Gasteiger partial charge in [0.2, 0.25) is 0 Å². The summed E-state index contributed by atoms with van der Waals surface area (Å²) in [5.41, 5.74) is 2.31. The van der Waals surface area contributed by atoms with Crippen molar-refractivity contribution >= 4 is 23.2 Å². The van der Waals surface area contributed by atoms with Crippen LogP contribution in [-0.4, -0.2) is 61.5 Å². The van der Waals surface area contributed by atoms with E-state index >= 15 is 0 Å². The molecule has 0 saturated carbocycles. The first kappa shape index (κ1) is 19.8. The zero-order chi connectivity index (χ0) is 19.9. The summed E-state index contributed by atoms with van der Waals surface area (Å²) in [6.07, 6.45) is 0.843. The van der Waals surface area contributed by atoms with E-state index < -0.39 is 0 Å². The molecule has 0 bridgehead atoms. The largest absolute Gasteiger partial charge is 0.369 e. The predicted molar refractivity (Wildman–Crippen MR) is 111 cm³/mol. The third kappa shape index (κ3) is 5.07. The van der Waals surface area contributed by atoms with E-state index in [4.69, 9.17) is 0 Å². The molecule has 1 saturated heterocycles. The van der Waals surface area contributed by atoms with Crippen LogP contribution in [0.5, 0.6) is 0 Å². The van der Waals surface area contributed by atoms with Crippen molar-refractivity contribution < 1.29 is 9.59 Å². The van der Waals surface area contributed by atoms with Gasteiger partial charge >= 0.3 is 0 Å². The van der Waals surface area contributed by atoms with Crippen LogP contribution in [0.25, 0.3) is 0 Å². The molecule has 1 fully saturated rings. The van der Waals surface area contributed by atoms with Gasteiger partial charge < -0.3 is 20.4 Å². The van der Waals surface area contributed by atoms with E-state index in [1.165, 1.54) is 0 Å². The number of hydrogen-bond donors (Lipinski definition) is 2. The van der Waals surface area contributed by atoms with Crippen LogP contribution in [0.2, 0.25) is 0 Å². The van der Waals surface area contributed by atoms with Gasteiger partial charge in [0.05, 0.1) is 0 Å². The molecule has 0 aliphatic carbocycles. The third-order valence-corrected chi connectivity index (χ3v) is 4.74. The average molecular weight is 381 g/mol. The quantitative estimate of drug-likeness (QED) is 0.802. The lowest BCUT2D eigenvalue weighted by atomic mass is 10.2. The molecule has 0 spiro atoms. The zero-order valence-corrected chi connectivity index (χ0v) is 16.4. The van der Waals surface area contributed by atoms with Crippen molar-refractivity contribution in [3.8, 4) is 0 Å². The highest BCUT2D eigenvalue weighted by molar-refractivity contribution is 6.03. The van der Waals surface area contributed by atoms with Gasteiger partial charge in [0.25, 0.3) is 11.8 Å². The SMILES string of the molecule is CCCNC(=O)c1cccc(C(=O)Nc2ccc(N3CCN(C)CC3)cc2)n1. The number of pyridine rings is 1. The summed E-state index contributed by atoms with van der Waals surface area (Å²) in [5, 5.41) is 5.61. The van der Waals surface area contributed by atoms with Crippen molar-refractivity contribution in [1.82, 2.24) is 15.2 Å². The number of nitrogens with one attached hydrogen (secondary N) is 2. The van der Waals surface area contributed by atoms with E-state index in [1.54, 1.807) is 18.2 Å². The first-order chi connectivity index (χ1) is 13.6. The van der Waals surface area contributed by atoms with Crippen LogP contribution in [-0.2, 0) is 0 Å². The second kappa shape index (κ2) is 9.32. The third-order valence-electron chi connectivity index (χ3n) is 4.74. The Labute approximate surface area is 165 Å². The van der Waals surface area contributed by atoms with Crippen molar-refractivity contribution in [2.45, 2.75) is 13.3 Å². The maximum Gasteiger partial charge on any atom is 0.274 e. The lowest BCUT2D eigenvalue weighted by Gasteiger charge is -2.34. The Hall–Kier alpha value is -2.93. The second-order valence-corrected chi connectivity index (χ2v) is 6.96.